The van der Waals surface area contributed by atoms with Crippen LogP contribution >= 0.6 is 0 Å². The minimum Gasteiger partial charge on any atom is -0.370 e. The highest BCUT2D eigenvalue weighted by Gasteiger charge is 2.31. The predicted molar refractivity (Wildman–Crippen MR) is 279 cm³/mol. The van der Waals surface area contributed by atoms with E-state index in [-0.39, 0.29) is 101 Å². The molecule has 0 aliphatic heterocycles. The van der Waals surface area contributed by atoms with Crippen molar-refractivity contribution in [2.45, 2.75) is 82.1 Å². The van der Waals surface area contributed by atoms with E-state index in [2.05, 4.69) is 71.7 Å². The number of nitrogens with zero attached hydrogens (tertiary/aromatic N) is 8. The molecule has 5 rings (SSSR count). The third kappa shape index (κ3) is 16.8. The van der Waals surface area contributed by atoms with Gasteiger partial charge in [0, 0.05) is 72.7 Å². The molecule has 0 bridgehead atoms. The molecule has 0 unspecified atom stereocenters. The first-order chi connectivity index (χ1) is 35.0. The van der Waals surface area contributed by atoms with Gasteiger partial charge in [0.25, 0.3) is 5.91 Å². The van der Waals surface area contributed by atoms with Gasteiger partial charge in [-0.2, -0.15) is 5.21 Å². The number of aromatic amines is 1. The van der Waals surface area contributed by atoms with Crippen molar-refractivity contribution in [2.75, 3.05) is 33.2 Å². The Labute approximate surface area is 420 Å². The summed E-state index contributed by atoms with van der Waals surface area (Å²) >= 11 is 0. The fourth-order valence-corrected chi connectivity index (χ4v) is 7.96. The third-order valence-electron chi connectivity index (χ3n) is 11.5. The maximum absolute atomic E-state index is 14.4. The smallest absolute Gasteiger partial charge is 0.251 e. The van der Waals surface area contributed by atoms with Gasteiger partial charge in [0.05, 0.1) is 0 Å². The van der Waals surface area contributed by atoms with E-state index in [1.165, 1.54) is 7.05 Å². The molecular formula is C46H66N22O5. The number of likely N-dealkylation sites (N-methyl/N-ethyl adjacent to an activating group) is 1. The molecule has 3 aromatic carbocycles. The van der Waals surface area contributed by atoms with E-state index in [1.54, 1.807) is 18.2 Å². The Kier molecular flexibility index (Phi) is 20.6. The highest BCUT2D eigenvalue weighted by molar-refractivity contribution is 6.09. The minimum atomic E-state index is -1.28. The van der Waals surface area contributed by atoms with E-state index in [1.807, 2.05) is 48.5 Å². The topological polar surface area (TPSA) is 462 Å². The molecule has 0 fully saturated rings. The molecule has 0 spiro atoms. The van der Waals surface area contributed by atoms with E-state index in [0.717, 1.165) is 32.9 Å². The summed E-state index contributed by atoms with van der Waals surface area (Å²) in [6, 6.07) is 16.2. The second-order valence-corrected chi connectivity index (χ2v) is 16.9. The molecule has 390 valence electrons. The lowest BCUT2D eigenvalue weighted by Gasteiger charge is -2.26. The van der Waals surface area contributed by atoms with E-state index in [9.17, 15) is 24.0 Å². The number of aromatic nitrogens is 5. The Morgan fingerprint density at radius 2 is 1.04 bits per heavy atom. The number of tetrazole rings is 1. The number of nitrogens with two attached hydrogens (primary N) is 8. The van der Waals surface area contributed by atoms with Crippen LogP contribution in [0, 0.1) is 0 Å². The van der Waals surface area contributed by atoms with Crippen molar-refractivity contribution in [2.24, 2.45) is 65.8 Å². The second-order valence-electron chi connectivity index (χ2n) is 16.9. The molecular weight excluding hydrogens is 941 g/mol. The van der Waals surface area contributed by atoms with E-state index >= 15 is 0 Å². The Morgan fingerprint density at radius 1 is 0.562 bits per heavy atom. The summed E-state index contributed by atoms with van der Waals surface area (Å²) in [4.78, 5) is 85.6. The highest BCUT2D eigenvalue weighted by atomic mass is 16.2. The van der Waals surface area contributed by atoms with Crippen LogP contribution in [0.25, 0.3) is 33.2 Å². The third-order valence-corrected chi connectivity index (χ3v) is 11.5. The Morgan fingerprint density at radius 3 is 1.52 bits per heavy atom. The lowest BCUT2D eigenvalue weighted by molar-refractivity contribution is -0.134. The molecule has 2 heterocycles. The van der Waals surface area contributed by atoms with Crippen LogP contribution in [-0.4, -0.2) is 136 Å². The standard InChI is InChI=1S/C46H66N22O5/c1-55-39(70)31(12-5-19-56-43(47)48)61-41(72)33(14-7-21-58-45(51)52)63-42(73)34(15-8-22-59-46(53)54)62-40(71)32(13-6-20-57-44(49)50)60-38(69)28-10-4-9-26(23-28)25-68-35-16-3-2-11-29(35)30-24-27(17-18-36(30)68)37-64-66-67-65-37/h2-4,9-11,16-18,23-24,31-34H,5-8,12-15,19-22,25H2,1H3,(H,55,70)(H,60,69)(H,61,72)(H,62,71)(H,63,73)(H4,47,48,56)(H4,49,50,57)(H4,51,52,58)(H4,53,54,59)(H,64,65,66,67)/t31-,32-,33-,34-/m0/s1. The van der Waals surface area contributed by atoms with Gasteiger partial charge < -0.3 is 77.0 Å². The molecule has 0 radical (unpaired) electrons. The fraction of sp³-hybridized carbons (Fsp3) is 0.391. The number of para-hydroxylation sites is 1. The largest absolute Gasteiger partial charge is 0.370 e. The Hall–Kier alpha value is -9.04. The number of hydrogen-bond donors (Lipinski definition) is 14. The van der Waals surface area contributed by atoms with Crippen molar-refractivity contribution in [1.82, 2.24) is 51.8 Å². The number of nitrogens with one attached hydrogen (secondary N) is 6. The molecule has 4 atom stereocenters. The van der Waals surface area contributed by atoms with Crippen LogP contribution in [0.4, 0.5) is 0 Å². The van der Waals surface area contributed by atoms with Gasteiger partial charge in [0.2, 0.25) is 29.5 Å². The average molecular weight is 1010 g/mol. The number of carbonyl (C=O) groups excluding carboxylic acids is 5. The van der Waals surface area contributed by atoms with Gasteiger partial charge in [-0.05, 0) is 98.5 Å². The molecule has 27 heteroatoms. The van der Waals surface area contributed by atoms with Gasteiger partial charge in [0.15, 0.2) is 23.8 Å². The summed E-state index contributed by atoms with van der Waals surface area (Å²) < 4.78 is 2.15. The molecule has 0 saturated carbocycles. The van der Waals surface area contributed by atoms with Crippen molar-refractivity contribution in [3.8, 4) is 11.4 Å². The summed E-state index contributed by atoms with van der Waals surface area (Å²) in [5.41, 5.74) is 47.9. The summed E-state index contributed by atoms with van der Waals surface area (Å²) in [5.74, 6) is -3.37. The zero-order valence-electron chi connectivity index (χ0n) is 40.6. The minimum absolute atomic E-state index is 0.000235. The maximum atomic E-state index is 14.4. The number of amides is 5. The van der Waals surface area contributed by atoms with Crippen molar-refractivity contribution >= 4 is 75.2 Å². The van der Waals surface area contributed by atoms with Gasteiger partial charge in [-0.3, -0.25) is 43.9 Å². The number of rotatable bonds is 28. The monoisotopic (exact) mass is 1010 g/mol. The van der Waals surface area contributed by atoms with Gasteiger partial charge in [-0.15, -0.1) is 10.2 Å². The first-order valence-electron chi connectivity index (χ1n) is 23.5. The van der Waals surface area contributed by atoms with Crippen LogP contribution in [0.1, 0.15) is 67.3 Å². The number of carbonyl (C=O) groups is 5. The van der Waals surface area contributed by atoms with Crippen LogP contribution < -0.4 is 72.5 Å². The van der Waals surface area contributed by atoms with Crippen LogP contribution in [-0.2, 0) is 25.7 Å². The molecule has 0 aliphatic carbocycles. The summed E-state index contributed by atoms with van der Waals surface area (Å²) in [7, 11) is 1.42. The Bertz CT molecular complexity index is 2790. The van der Waals surface area contributed by atoms with E-state index in [0.29, 0.717) is 18.8 Å². The number of fused-ring (bicyclic) bond motifs is 3. The van der Waals surface area contributed by atoms with Crippen molar-refractivity contribution in [3.63, 3.8) is 0 Å². The predicted octanol–water partition coefficient (Wildman–Crippen LogP) is -2.46. The zero-order chi connectivity index (χ0) is 52.9. The Balaban J connectivity index is 1.38. The summed E-state index contributed by atoms with van der Waals surface area (Å²) in [6.45, 7) is 0.946. The number of H-pyrrole nitrogens is 1. The van der Waals surface area contributed by atoms with E-state index < -0.39 is 53.7 Å². The summed E-state index contributed by atoms with van der Waals surface area (Å²) in [6.07, 6.45) is 1.30. The van der Waals surface area contributed by atoms with E-state index in [4.69, 9.17) is 45.9 Å². The van der Waals surface area contributed by atoms with Crippen LogP contribution in [0.3, 0.4) is 0 Å². The average Bonchev–Trinajstić information content (AvgIpc) is 4.01. The van der Waals surface area contributed by atoms with Crippen molar-refractivity contribution in [3.05, 3.63) is 77.9 Å². The SMILES string of the molecule is CNC(=O)[C@H](CCCN=C(N)N)NC(=O)[C@H](CCCN=C(N)N)NC(=O)[C@H](CCCN=C(N)N)NC(=O)[C@H](CCCN=C(N)N)NC(=O)c1cccc(Cn2c3ccccc3c3cc(-c4nn[nH]n4)ccc32)c1. The molecule has 73 heavy (non-hydrogen) atoms. The van der Waals surface area contributed by atoms with Crippen LogP contribution in [0.2, 0.25) is 0 Å². The van der Waals surface area contributed by atoms with Gasteiger partial charge in [0.1, 0.15) is 24.2 Å². The maximum Gasteiger partial charge on any atom is 0.251 e. The molecule has 22 N–H and O–H groups in total. The van der Waals surface area contributed by atoms with Crippen LogP contribution in [0.15, 0.2) is 86.7 Å². The molecule has 2 aromatic heterocycles. The van der Waals surface area contributed by atoms with Crippen LogP contribution in [0.5, 0.6) is 0 Å². The molecule has 5 aromatic rings. The zero-order valence-corrected chi connectivity index (χ0v) is 40.6. The quantitative estimate of drug-likeness (QED) is 0.0140. The first-order valence-corrected chi connectivity index (χ1v) is 23.5. The second kappa shape index (κ2) is 27.4. The lowest BCUT2D eigenvalue weighted by atomic mass is 10.0. The van der Waals surface area contributed by atoms with Gasteiger partial charge in [-0.25, -0.2) is 0 Å². The van der Waals surface area contributed by atoms with Gasteiger partial charge >= 0.3 is 0 Å². The number of hydrogen-bond acceptors (Lipinski definition) is 12. The molecule has 27 nitrogen and oxygen atoms in total. The van der Waals surface area contributed by atoms with Gasteiger partial charge in [-0.1, -0.05) is 30.3 Å². The first kappa shape index (κ1) is 54.9. The number of benzene rings is 3. The molecule has 5 amide bonds. The van der Waals surface area contributed by atoms with Crippen molar-refractivity contribution in [1.29, 1.82) is 0 Å². The molecule has 0 saturated heterocycles. The molecule has 0 aliphatic rings. The number of aliphatic imine (C=N–C) groups is 4. The number of guanidine groups is 4. The fourth-order valence-electron chi connectivity index (χ4n) is 7.96. The highest BCUT2D eigenvalue weighted by Crippen LogP contribution is 2.32. The lowest BCUT2D eigenvalue weighted by Crippen LogP contribution is -2.58. The summed E-state index contributed by atoms with van der Waals surface area (Å²) in [5, 5.41) is 30.0. The normalized spacial score (nSPS) is 12.6. The van der Waals surface area contributed by atoms with Crippen molar-refractivity contribution < 1.29 is 24.0 Å².